The van der Waals surface area contributed by atoms with Crippen LogP contribution in [0, 0.1) is 5.41 Å². The van der Waals surface area contributed by atoms with Gasteiger partial charge in [-0.15, -0.1) is 8.78 Å². The van der Waals surface area contributed by atoms with Crippen molar-refractivity contribution in [2.24, 2.45) is 10.4 Å². The lowest BCUT2D eigenvalue weighted by atomic mass is 9.67. The molecule has 28 heavy (non-hydrogen) atoms. The highest BCUT2D eigenvalue weighted by atomic mass is 19.3. The number of ether oxygens (including phenoxy) is 2. The summed E-state index contributed by atoms with van der Waals surface area (Å²) in [5, 5.41) is 3.45. The zero-order chi connectivity index (χ0) is 19.2. The van der Waals surface area contributed by atoms with Gasteiger partial charge in [0.1, 0.15) is 5.84 Å². The number of nitrogens with zero attached hydrogens (tertiary/aromatic N) is 1. The summed E-state index contributed by atoms with van der Waals surface area (Å²) < 4.78 is 36.2. The molecule has 0 saturated heterocycles. The topological polar surface area (TPSA) is 42.9 Å². The molecular formula is C22H22F2N2O2. The van der Waals surface area contributed by atoms with Crippen LogP contribution in [0.2, 0.25) is 0 Å². The van der Waals surface area contributed by atoms with E-state index in [2.05, 4.69) is 26.9 Å². The molecule has 1 N–H and O–H groups in total. The molecule has 5 rings (SSSR count). The van der Waals surface area contributed by atoms with Crippen LogP contribution in [0.5, 0.6) is 11.5 Å². The zero-order valence-electron chi connectivity index (χ0n) is 15.5. The molecule has 6 heteroatoms. The summed E-state index contributed by atoms with van der Waals surface area (Å²) in [5.41, 5.74) is 2.86. The van der Waals surface area contributed by atoms with E-state index in [1.54, 1.807) is 12.1 Å². The van der Waals surface area contributed by atoms with E-state index in [1.807, 2.05) is 18.2 Å². The van der Waals surface area contributed by atoms with Crippen LogP contribution in [0.15, 0.2) is 47.5 Å². The lowest BCUT2D eigenvalue weighted by molar-refractivity contribution is -0.286. The third-order valence-electron chi connectivity index (χ3n) is 5.98. The van der Waals surface area contributed by atoms with Crippen molar-refractivity contribution in [3.63, 3.8) is 0 Å². The lowest BCUT2D eigenvalue weighted by Crippen LogP contribution is -2.43. The van der Waals surface area contributed by atoms with E-state index in [0.717, 1.165) is 54.8 Å². The third kappa shape index (κ3) is 3.11. The Morgan fingerprint density at radius 3 is 2.43 bits per heavy atom. The number of rotatable bonds is 2. The smallest absolute Gasteiger partial charge is 0.395 e. The van der Waals surface area contributed by atoms with E-state index in [0.29, 0.717) is 6.54 Å². The highest BCUT2D eigenvalue weighted by Gasteiger charge is 2.46. The minimum Gasteiger partial charge on any atom is -0.395 e. The Morgan fingerprint density at radius 1 is 0.964 bits per heavy atom. The maximum absolute atomic E-state index is 13.5. The quantitative estimate of drug-likeness (QED) is 0.741. The van der Waals surface area contributed by atoms with Crippen molar-refractivity contribution in [1.82, 2.24) is 0 Å². The van der Waals surface area contributed by atoms with Gasteiger partial charge in [-0.1, -0.05) is 49.6 Å². The molecule has 0 bridgehead atoms. The molecule has 4 nitrogen and oxygen atoms in total. The van der Waals surface area contributed by atoms with Crippen LogP contribution >= 0.6 is 0 Å². The van der Waals surface area contributed by atoms with Gasteiger partial charge < -0.3 is 14.8 Å². The molecule has 1 saturated carbocycles. The molecule has 0 amide bonds. The van der Waals surface area contributed by atoms with Gasteiger partial charge in [-0.05, 0) is 36.5 Å². The van der Waals surface area contributed by atoms with Gasteiger partial charge in [0.25, 0.3) is 0 Å². The molecular weight excluding hydrogens is 362 g/mol. The van der Waals surface area contributed by atoms with Crippen LogP contribution in [-0.4, -0.2) is 12.1 Å². The van der Waals surface area contributed by atoms with Crippen LogP contribution in [0.25, 0.3) is 0 Å². The maximum atomic E-state index is 13.5. The summed E-state index contributed by atoms with van der Waals surface area (Å²) in [6.45, 7) is 0.600. The fourth-order valence-corrected chi connectivity index (χ4v) is 4.61. The summed E-state index contributed by atoms with van der Waals surface area (Å²) in [6, 6.07) is 13.4. The number of alkyl halides is 2. The van der Waals surface area contributed by atoms with Crippen molar-refractivity contribution in [3.05, 3.63) is 53.6 Å². The van der Waals surface area contributed by atoms with Crippen LogP contribution < -0.4 is 14.8 Å². The van der Waals surface area contributed by atoms with Crippen molar-refractivity contribution in [1.29, 1.82) is 0 Å². The molecule has 1 aliphatic carbocycles. The fraction of sp³-hybridized carbons (Fsp3) is 0.409. The lowest BCUT2D eigenvalue weighted by Gasteiger charge is -2.42. The molecule has 2 aliphatic heterocycles. The first-order valence-electron chi connectivity index (χ1n) is 9.82. The van der Waals surface area contributed by atoms with Crippen LogP contribution in [-0.2, 0) is 13.0 Å². The molecule has 1 spiro atoms. The van der Waals surface area contributed by atoms with Gasteiger partial charge >= 0.3 is 6.29 Å². The Morgan fingerprint density at radius 2 is 1.68 bits per heavy atom. The summed E-state index contributed by atoms with van der Waals surface area (Å²) in [4.78, 5) is 4.94. The molecule has 0 atom stereocenters. The number of amidine groups is 1. The molecule has 0 radical (unpaired) electrons. The van der Waals surface area contributed by atoms with E-state index in [1.165, 1.54) is 6.42 Å². The van der Waals surface area contributed by atoms with E-state index in [9.17, 15) is 8.78 Å². The van der Waals surface area contributed by atoms with Crippen molar-refractivity contribution in [2.45, 2.75) is 51.4 Å². The Kier molecular flexibility index (Phi) is 4.03. The molecule has 2 aromatic rings. The number of hydrogen-bond acceptors (Lipinski definition) is 3. The molecule has 1 fully saturated rings. The van der Waals surface area contributed by atoms with E-state index in [-0.39, 0.29) is 16.9 Å². The van der Waals surface area contributed by atoms with Gasteiger partial charge in [0.2, 0.25) is 0 Å². The summed E-state index contributed by atoms with van der Waals surface area (Å²) in [6.07, 6.45) is 2.83. The highest BCUT2D eigenvalue weighted by Crippen LogP contribution is 2.50. The predicted octanol–water partition coefficient (Wildman–Crippen LogP) is 5.53. The van der Waals surface area contributed by atoms with E-state index < -0.39 is 6.29 Å². The number of benzene rings is 2. The largest absolute Gasteiger partial charge is 0.586 e. The van der Waals surface area contributed by atoms with E-state index >= 15 is 0 Å². The molecule has 2 aromatic carbocycles. The summed E-state index contributed by atoms with van der Waals surface area (Å²) in [5.74, 6) is 1.15. The number of anilines is 1. The average Bonchev–Trinajstić information content (AvgIpc) is 2.99. The Bertz CT molecular complexity index is 922. The molecule has 146 valence electrons. The average molecular weight is 384 g/mol. The first kappa shape index (κ1) is 17.5. The maximum Gasteiger partial charge on any atom is 0.586 e. The van der Waals surface area contributed by atoms with Gasteiger partial charge in [0.05, 0.1) is 6.54 Å². The standard InChI is InChI=1S/C22H22F2N2O2/c23-22(24)27-18-11-16-13-21(9-5-2-6-10-21)20(26-17(16)12-19(18)28-22)25-14-15-7-3-1-4-8-15/h1,3-4,7-8,11-12H,2,5-6,9-10,13-14H2,(H,25,26). The van der Waals surface area contributed by atoms with Crippen LogP contribution in [0.1, 0.15) is 43.2 Å². The van der Waals surface area contributed by atoms with Crippen molar-refractivity contribution in [3.8, 4) is 11.5 Å². The van der Waals surface area contributed by atoms with Crippen LogP contribution in [0.3, 0.4) is 0 Å². The first-order valence-corrected chi connectivity index (χ1v) is 9.82. The van der Waals surface area contributed by atoms with Gasteiger partial charge in [-0.3, -0.25) is 4.99 Å². The second kappa shape index (κ2) is 6.47. The molecule has 3 aliphatic rings. The van der Waals surface area contributed by atoms with Gasteiger partial charge in [-0.2, -0.15) is 0 Å². The predicted molar refractivity (Wildman–Crippen MR) is 103 cm³/mol. The SMILES string of the molecule is FC1(F)Oc2cc3c(cc2O1)NC(=NCc1ccccc1)C1(CCCCC1)C3. The minimum atomic E-state index is -3.60. The number of halogens is 2. The number of nitrogens with one attached hydrogen (secondary N) is 1. The number of fused-ring (bicyclic) bond motifs is 2. The second-order valence-electron chi connectivity index (χ2n) is 7.92. The van der Waals surface area contributed by atoms with Crippen molar-refractivity contribution >= 4 is 11.5 Å². The zero-order valence-corrected chi connectivity index (χ0v) is 15.5. The van der Waals surface area contributed by atoms with Crippen molar-refractivity contribution < 1.29 is 18.3 Å². The van der Waals surface area contributed by atoms with Gasteiger partial charge in [0.15, 0.2) is 11.5 Å². The Hall–Kier alpha value is -2.63. The number of hydrogen-bond donors (Lipinski definition) is 1. The first-order chi connectivity index (χ1) is 13.5. The van der Waals surface area contributed by atoms with E-state index in [4.69, 9.17) is 4.99 Å². The van der Waals surface area contributed by atoms with Gasteiger partial charge in [0, 0.05) is 17.2 Å². The fourth-order valence-electron chi connectivity index (χ4n) is 4.61. The summed E-state index contributed by atoms with van der Waals surface area (Å²) >= 11 is 0. The van der Waals surface area contributed by atoms with Crippen molar-refractivity contribution in [2.75, 3.05) is 5.32 Å². The second-order valence-corrected chi connectivity index (χ2v) is 7.92. The summed E-state index contributed by atoms with van der Waals surface area (Å²) in [7, 11) is 0. The number of aliphatic imine (C=N–C) groups is 1. The molecule has 0 unspecified atom stereocenters. The molecule has 2 heterocycles. The highest BCUT2D eigenvalue weighted by molar-refractivity contribution is 6.03. The van der Waals surface area contributed by atoms with Gasteiger partial charge in [-0.25, -0.2) is 0 Å². The molecule has 0 aromatic heterocycles. The Balaban J connectivity index is 1.51. The minimum absolute atomic E-state index is 0.0593. The third-order valence-corrected chi connectivity index (χ3v) is 5.98. The van der Waals surface area contributed by atoms with Crippen LogP contribution in [0.4, 0.5) is 14.5 Å². The Labute approximate surface area is 162 Å². The normalized spacial score (nSPS) is 22.7. The monoisotopic (exact) mass is 384 g/mol.